The maximum Gasteiger partial charge on any atom is 0.253 e. The van der Waals surface area contributed by atoms with Crippen LogP contribution in [0.4, 0.5) is 5.69 Å². The highest BCUT2D eigenvalue weighted by molar-refractivity contribution is 5.95. The van der Waals surface area contributed by atoms with Gasteiger partial charge in [0.05, 0.1) is 12.3 Å². The number of hydrogen-bond donors (Lipinski definition) is 1. The fraction of sp³-hybridized carbons (Fsp3) is 0.533. The van der Waals surface area contributed by atoms with Crippen LogP contribution in [-0.2, 0) is 0 Å². The quantitative estimate of drug-likeness (QED) is 0.804. The van der Waals surface area contributed by atoms with Crippen molar-refractivity contribution < 1.29 is 9.53 Å². The minimum absolute atomic E-state index is 0.0578. The van der Waals surface area contributed by atoms with E-state index in [2.05, 4.69) is 13.8 Å². The van der Waals surface area contributed by atoms with E-state index in [1.54, 1.807) is 32.3 Å². The van der Waals surface area contributed by atoms with Crippen molar-refractivity contribution in [3.05, 3.63) is 23.8 Å². The molecule has 1 atom stereocenters. The third-order valence-electron chi connectivity index (χ3n) is 2.97. The zero-order valence-electron chi connectivity index (χ0n) is 12.3. The second kappa shape index (κ2) is 7.02. The first-order valence-corrected chi connectivity index (χ1v) is 6.69. The summed E-state index contributed by atoms with van der Waals surface area (Å²) < 4.78 is 5.70. The molecule has 4 heteroatoms. The van der Waals surface area contributed by atoms with Crippen molar-refractivity contribution in [2.45, 2.75) is 26.7 Å². The van der Waals surface area contributed by atoms with Gasteiger partial charge < -0.3 is 15.4 Å². The average Bonchev–Trinajstić information content (AvgIpc) is 2.36. The van der Waals surface area contributed by atoms with Crippen LogP contribution in [0.2, 0.25) is 0 Å². The summed E-state index contributed by atoms with van der Waals surface area (Å²) in [5, 5.41) is 0. The third kappa shape index (κ3) is 4.47. The molecule has 19 heavy (non-hydrogen) atoms. The summed E-state index contributed by atoms with van der Waals surface area (Å²) in [5.41, 5.74) is 7.01. The number of nitrogens with two attached hydrogens (primary N) is 1. The SMILES string of the molecule is CCCC(C)COc1ccc(C(=O)N(C)C)cc1N. The van der Waals surface area contributed by atoms with Crippen LogP contribution in [0.15, 0.2) is 18.2 Å². The van der Waals surface area contributed by atoms with Gasteiger partial charge in [-0.3, -0.25) is 4.79 Å². The van der Waals surface area contributed by atoms with Gasteiger partial charge in [0.1, 0.15) is 5.75 Å². The molecule has 2 N–H and O–H groups in total. The Kier molecular flexibility index (Phi) is 5.67. The van der Waals surface area contributed by atoms with E-state index in [1.807, 2.05) is 0 Å². The summed E-state index contributed by atoms with van der Waals surface area (Å²) in [6.07, 6.45) is 2.29. The Morgan fingerprint density at radius 1 is 1.42 bits per heavy atom. The molecular weight excluding hydrogens is 240 g/mol. The van der Waals surface area contributed by atoms with Gasteiger partial charge in [-0.2, -0.15) is 0 Å². The molecule has 0 heterocycles. The largest absolute Gasteiger partial charge is 0.491 e. The van der Waals surface area contributed by atoms with Gasteiger partial charge in [-0.05, 0) is 30.5 Å². The summed E-state index contributed by atoms with van der Waals surface area (Å²) in [5.74, 6) is 1.10. The zero-order valence-corrected chi connectivity index (χ0v) is 12.3. The molecule has 1 aromatic rings. The van der Waals surface area contributed by atoms with Gasteiger partial charge in [-0.1, -0.05) is 20.3 Å². The van der Waals surface area contributed by atoms with E-state index in [1.165, 1.54) is 4.90 Å². The van der Waals surface area contributed by atoms with Gasteiger partial charge in [0, 0.05) is 19.7 Å². The van der Waals surface area contributed by atoms with Crippen molar-refractivity contribution in [1.82, 2.24) is 4.90 Å². The lowest BCUT2D eigenvalue weighted by atomic mass is 10.1. The molecule has 0 spiro atoms. The van der Waals surface area contributed by atoms with E-state index >= 15 is 0 Å². The third-order valence-corrected chi connectivity index (χ3v) is 2.97. The molecule has 4 nitrogen and oxygen atoms in total. The first kappa shape index (κ1) is 15.3. The average molecular weight is 264 g/mol. The minimum Gasteiger partial charge on any atom is -0.491 e. The molecule has 1 rings (SSSR count). The molecule has 106 valence electrons. The minimum atomic E-state index is -0.0578. The van der Waals surface area contributed by atoms with Gasteiger partial charge in [-0.25, -0.2) is 0 Å². The van der Waals surface area contributed by atoms with E-state index in [4.69, 9.17) is 10.5 Å². The van der Waals surface area contributed by atoms with Crippen molar-refractivity contribution in [3.63, 3.8) is 0 Å². The summed E-state index contributed by atoms with van der Waals surface area (Å²) in [4.78, 5) is 13.3. The summed E-state index contributed by atoms with van der Waals surface area (Å²) in [6.45, 7) is 4.97. The number of carbonyl (C=O) groups excluding carboxylic acids is 1. The number of benzene rings is 1. The van der Waals surface area contributed by atoms with Crippen molar-refractivity contribution in [3.8, 4) is 5.75 Å². The summed E-state index contributed by atoms with van der Waals surface area (Å²) >= 11 is 0. The van der Waals surface area contributed by atoms with Crippen molar-refractivity contribution in [2.24, 2.45) is 5.92 Å². The van der Waals surface area contributed by atoms with E-state index < -0.39 is 0 Å². The van der Waals surface area contributed by atoms with Crippen LogP contribution in [-0.4, -0.2) is 31.5 Å². The molecule has 1 aromatic carbocycles. The lowest BCUT2D eigenvalue weighted by Gasteiger charge is -2.15. The van der Waals surface area contributed by atoms with Crippen LogP contribution in [0.5, 0.6) is 5.75 Å². The molecule has 0 saturated carbocycles. The molecule has 0 fully saturated rings. The van der Waals surface area contributed by atoms with Gasteiger partial charge in [0.2, 0.25) is 0 Å². The zero-order chi connectivity index (χ0) is 14.4. The Labute approximate surface area is 115 Å². The van der Waals surface area contributed by atoms with Crippen LogP contribution in [0.3, 0.4) is 0 Å². The van der Waals surface area contributed by atoms with E-state index in [9.17, 15) is 4.79 Å². The summed E-state index contributed by atoms with van der Waals surface area (Å²) in [7, 11) is 3.44. The van der Waals surface area contributed by atoms with Gasteiger partial charge in [0.25, 0.3) is 5.91 Å². The van der Waals surface area contributed by atoms with Gasteiger partial charge in [0.15, 0.2) is 0 Å². The smallest absolute Gasteiger partial charge is 0.253 e. The number of nitrogen functional groups attached to an aromatic ring is 1. The molecular formula is C15H24N2O2. The molecule has 0 radical (unpaired) electrons. The lowest BCUT2D eigenvalue weighted by molar-refractivity contribution is 0.0827. The van der Waals surface area contributed by atoms with Crippen molar-refractivity contribution in [2.75, 3.05) is 26.4 Å². The number of hydrogen-bond acceptors (Lipinski definition) is 3. The molecule has 0 aliphatic rings. The predicted octanol–water partition coefficient (Wildman–Crippen LogP) is 2.79. The Morgan fingerprint density at radius 2 is 2.11 bits per heavy atom. The van der Waals surface area contributed by atoms with Gasteiger partial charge >= 0.3 is 0 Å². The maximum absolute atomic E-state index is 11.8. The number of anilines is 1. The van der Waals surface area contributed by atoms with E-state index in [0.29, 0.717) is 29.5 Å². The fourth-order valence-electron chi connectivity index (χ4n) is 1.88. The molecule has 0 aliphatic carbocycles. The Hall–Kier alpha value is -1.71. The van der Waals surface area contributed by atoms with Crippen LogP contribution >= 0.6 is 0 Å². The Bertz CT molecular complexity index is 430. The van der Waals surface area contributed by atoms with Crippen LogP contribution in [0.1, 0.15) is 37.0 Å². The topological polar surface area (TPSA) is 55.6 Å². The van der Waals surface area contributed by atoms with Gasteiger partial charge in [-0.15, -0.1) is 0 Å². The number of carbonyl (C=O) groups is 1. The number of ether oxygens (including phenoxy) is 1. The first-order chi connectivity index (χ1) is 8.95. The summed E-state index contributed by atoms with van der Waals surface area (Å²) in [6, 6.07) is 5.19. The highest BCUT2D eigenvalue weighted by Gasteiger charge is 2.11. The molecule has 1 unspecified atom stereocenters. The number of rotatable bonds is 6. The second-order valence-corrected chi connectivity index (χ2v) is 5.16. The number of amides is 1. The maximum atomic E-state index is 11.8. The van der Waals surface area contributed by atoms with E-state index in [-0.39, 0.29) is 5.91 Å². The molecule has 0 aliphatic heterocycles. The van der Waals surface area contributed by atoms with Crippen LogP contribution in [0, 0.1) is 5.92 Å². The first-order valence-electron chi connectivity index (χ1n) is 6.69. The molecule has 0 saturated heterocycles. The number of nitrogens with zero attached hydrogens (tertiary/aromatic N) is 1. The molecule has 1 amide bonds. The van der Waals surface area contributed by atoms with Crippen molar-refractivity contribution in [1.29, 1.82) is 0 Å². The van der Waals surface area contributed by atoms with Crippen molar-refractivity contribution >= 4 is 11.6 Å². The molecule has 0 aromatic heterocycles. The normalized spacial score (nSPS) is 12.0. The highest BCUT2D eigenvalue weighted by Crippen LogP contribution is 2.24. The van der Waals surface area contributed by atoms with E-state index in [0.717, 1.165) is 12.8 Å². The standard InChI is InChI=1S/C15H24N2O2/c1-5-6-11(2)10-19-14-8-7-12(9-13(14)16)15(18)17(3)4/h7-9,11H,5-6,10,16H2,1-4H3. The Balaban J connectivity index is 2.70. The molecule has 0 bridgehead atoms. The predicted molar refractivity (Wildman–Crippen MR) is 78.4 cm³/mol. The second-order valence-electron chi connectivity index (χ2n) is 5.16. The van der Waals surface area contributed by atoms with Crippen LogP contribution < -0.4 is 10.5 Å². The fourth-order valence-corrected chi connectivity index (χ4v) is 1.88. The lowest BCUT2D eigenvalue weighted by Crippen LogP contribution is -2.21. The Morgan fingerprint density at radius 3 is 2.63 bits per heavy atom. The highest BCUT2D eigenvalue weighted by atomic mass is 16.5. The monoisotopic (exact) mass is 264 g/mol. The van der Waals surface area contributed by atoms with Crippen LogP contribution in [0.25, 0.3) is 0 Å².